The summed E-state index contributed by atoms with van der Waals surface area (Å²) in [7, 11) is 3.15. The van der Waals surface area contributed by atoms with Crippen LogP contribution in [0.2, 0.25) is 0 Å². The lowest BCUT2D eigenvalue weighted by Gasteiger charge is -2.09. The summed E-state index contributed by atoms with van der Waals surface area (Å²) in [5.41, 5.74) is 0.750. The molecule has 0 aliphatic carbocycles. The Kier molecular flexibility index (Phi) is 6.06. The second-order valence-corrected chi connectivity index (χ2v) is 6.02. The van der Waals surface area contributed by atoms with E-state index in [0.717, 1.165) is 25.0 Å². The molecule has 140 valence electrons. The Bertz CT molecular complexity index is 740. The number of nitrogens with one attached hydrogen (secondary N) is 1. The molecular formula is C18H23N3O5. The van der Waals surface area contributed by atoms with Crippen LogP contribution in [0.4, 0.5) is 0 Å². The Morgan fingerprint density at radius 3 is 2.88 bits per heavy atom. The number of rotatable bonds is 8. The van der Waals surface area contributed by atoms with Crippen LogP contribution in [0.1, 0.15) is 25.2 Å². The molecule has 0 bridgehead atoms. The van der Waals surface area contributed by atoms with Crippen LogP contribution in [0.5, 0.6) is 11.5 Å². The predicted molar refractivity (Wildman–Crippen MR) is 93.1 cm³/mol. The smallest absolute Gasteiger partial charge is 0.227 e. The van der Waals surface area contributed by atoms with E-state index in [1.54, 1.807) is 26.4 Å². The molecule has 2 heterocycles. The summed E-state index contributed by atoms with van der Waals surface area (Å²) in [5, 5.41) is 6.85. The molecule has 1 atom stereocenters. The van der Waals surface area contributed by atoms with Crippen molar-refractivity contribution >= 4 is 5.91 Å². The summed E-state index contributed by atoms with van der Waals surface area (Å²) in [6.07, 6.45) is 2.87. The van der Waals surface area contributed by atoms with Crippen LogP contribution in [-0.4, -0.2) is 49.5 Å². The number of benzene rings is 1. The van der Waals surface area contributed by atoms with Crippen molar-refractivity contribution in [1.29, 1.82) is 0 Å². The molecule has 26 heavy (non-hydrogen) atoms. The fourth-order valence-corrected chi connectivity index (χ4v) is 2.79. The molecule has 0 spiro atoms. The van der Waals surface area contributed by atoms with Gasteiger partial charge in [0.05, 0.1) is 20.3 Å². The second-order valence-electron chi connectivity index (χ2n) is 6.02. The molecule has 1 saturated heterocycles. The average Bonchev–Trinajstić information content (AvgIpc) is 3.36. The standard InChI is InChI=1S/C18H23N3O5/c1-23-14-6-5-12(10-15(14)24-2)18-20-17(26-21-18)8-7-16(22)19-11-13-4-3-9-25-13/h5-6,10,13H,3-4,7-9,11H2,1-2H3,(H,19,22)/t13-/m0/s1. The largest absolute Gasteiger partial charge is 0.493 e. The molecule has 8 nitrogen and oxygen atoms in total. The maximum atomic E-state index is 11.9. The number of nitrogens with zero attached hydrogens (tertiary/aromatic N) is 2. The van der Waals surface area contributed by atoms with Gasteiger partial charge >= 0.3 is 0 Å². The lowest BCUT2D eigenvalue weighted by atomic mass is 10.2. The monoisotopic (exact) mass is 361 g/mol. The van der Waals surface area contributed by atoms with Gasteiger partial charge in [-0.15, -0.1) is 0 Å². The van der Waals surface area contributed by atoms with Crippen LogP contribution in [0.15, 0.2) is 22.7 Å². The highest BCUT2D eigenvalue weighted by Crippen LogP contribution is 2.31. The predicted octanol–water partition coefficient (Wildman–Crippen LogP) is 1.98. The van der Waals surface area contributed by atoms with Crippen molar-refractivity contribution in [3.8, 4) is 22.9 Å². The molecule has 8 heteroatoms. The Balaban J connectivity index is 1.53. The Labute approximate surface area is 151 Å². The number of carbonyl (C=O) groups excluding carboxylic acids is 1. The molecule has 0 radical (unpaired) electrons. The first-order valence-electron chi connectivity index (χ1n) is 8.63. The molecule has 0 saturated carbocycles. The zero-order valence-corrected chi connectivity index (χ0v) is 15.0. The second kappa shape index (κ2) is 8.66. The van der Waals surface area contributed by atoms with Crippen molar-refractivity contribution in [1.82, 2.24) is 15.5 Å². The summed E-state index contributed by atoms with van der Waals surface area (Å²) in [5.74, 6) is 2.03. The summed E-state index contributed by atoms with van der Waals surface area (Å²) >= 11 is 0. The first kappa shape index (κ1) is 18.2. The number of amides is 1. The molecule has 1 aliphatic rings. The van der Waals surface area contributed by atoms with E-state index in [1.165, 1.54) is 0 Å². The number of aryl methyl sites for hydroxylation is 1. The number of aromatic nitrogens is 2. The van der Waals surface area contributed by atoms with E-state index in [-0.39, 0.29) is 12.0 Å². The zero-order valence-electron chi connectivity index (χ0n) is 15.0. The van der Waals surface area contributed by atoms with Gasteiger partial charge in [-0.1, -0.05) is 5.16 Å². The molecule has 1 amide bonds. The van der Waals surface area contributed by atoms with Crippen LogP contribution >= 0.6 is 0 Å². The van der Waals surface area contributed by atoms with Gasteiger partial charge in [-0.2, -0.15) is 4.98 Å². The third-order valence-corrected chi connectivity index (χ3v) is 4.23. The van der Waals surface area contributed by atoms with Gasteiger partial charge in [-0.25, -0.2) is 0 Å². The summed E-state index contributed by atoms with van der Waals surface area (Å²) < 4.78 is 21.2. The SMILES string of the molecule is COc1ccc(-c2noc(CCC(=O)NC[C@@H]3CCCO3)n2)cc1OC. The zero-order chi connectivity index (χ0) is 18.4. The van der Waals surface area contributed by atoms with Crippen molar-refractivity contribution in [2.75, 3.05) is 27.4 Å². The van der Waals surface area contributed by atoms with E-state index in [0.29, 0.717) is 42.6 Å². The van der Waals surface area contributed by atoms with Gasteiger partial charge in [0, 0.05) is 31.6 Å². The fraction of sp³-hybridized carbons (Fsp3) is 0.500. The highest BCUT2D eigenvalue weighted by atomic mass is 16.5. The minimum Gasteiger partial charge on any atom is -0.493 e. The van der Waals surface area contributed by atoms with E-state index >= 15 is 0 Å². The number of carbonyl (C=O) groups is 1. The molecule has 0 unspecified atom stereocenters. The van der Waals surface area contributed by atoms with Crippen molar-refractivity contribution < 1.29 is 23.5 Å². The summed E-state index contributed by atoms with van der Waals surface area (Å²) in [6, 6.07) is 5.38. The lowest BCUT2D eigenvalue weighted by molar-refractivity contribution is -0.121. The van der Waals surface area contributed by atoms with Crippen LogP contribution in [0, 0.1) is 0 Å². The number of methoxy groups -OCH3 is 2. The van der Waals surface area contributed by atoms with Crippen molar-refractivity contribution in [2.45, 2.75) is 31.8 Å². The van der Waals surface area contributed by atoms with Gasteiger partial charge in [0.15, 0.2) is 11.5 Å². The van der Waals surface area contributed by atoms with Crippen molar-refractivity contribution in [3.05, 3.63) is 24.1 Å². The van der Waals surface area contributed by atoms with Gasteiger partial charge in [-0.3, -0.25) is 4.79 Å². The third-order valence-electron chi connectivity index (χ3n) is 4.23. The van der Waals surface area contributed by atoms with E-state index in [9.17, 15) is 4.79 Å². The van der Waals surface area contributed by atoms with Crippen LogP contribution < -0.4 is 14.8 Å². The van der Waals surface area contributed by atoms with E-state index in [1.807, 2.05) is 6.07 Å². The van der Waals surface area contributed by atoms with Gasteiger partial charge in [0.25, 0.3) is 0 Å². The summed E-state index contributed by atoms with van der Waals surface area (Å²) in [6.45, 7) is 1.33. The van der Waals surface area contributed by atoms with Crippen molar-refractivity contribution in [3.63, 3.8) is 0 Å². The fourth-order valence-electron chi connectivity index (χ4n) is 2.79. The van der Waals surface area contributed by atoms with Crippen molar-refractivity contribution in [2.24, 2.45) is 0 Å². The third kappa shape index (κ3) is 4.51. The molecule has 1 aliphatic heterocycles. The molecule has 1 aromatic heterocycles. The van der Waals surface area contributed by atoms with Gasteiger partial charge in [0.2, 0.25) is 17.6 Å². The molecule has 1 fully saturated rings. The first-order chi connectivity index (χ1) is 12.7. The lowest BCUT2D eigenvalue weighted by Crippen LogP contribution is -2.31. The topological polar surface area (TPSA) is 95.7 Å². The highest BCUT2D eigenvalue weighted by molar-refractivity contribution is 5.76. The maximum absolute atomic E-state index is 11.9. The van der Waals surface area contributed by atoms with Crippen LogP contribution in [0.3, 0.4) is 0 Å². The van der Waals surface area contributed by atoms with E-state index in [4.69, 9.17) is 18.7 Å². The molecule has 1 aromatic carbocycles. The van der Waals surface area contributed by atoms with Gasteiger partial charge < -0.3 is 24.1 Å². The molecule has 1 N–H and O–H groups in total. The minimum absolute atomic E-state index is 0.0497. The van der Waals surface area contributed by atoms with E-state index in [2.05, 4.69) is 15.5 Å². The van der Waals surface area contributed by atoms with Crippen LogP contribution in [-0.2, 0) is 16.0 Å². The molecule has 3 rings (SSSR count). The normalized spacial score (nSPS) is 16.5. The highest BCUT2D eigenvalue weighted by Gasteiger charge is 2.17. The Morgan fingerprint density at radius 1 is 1.31 bits per heavy atom. The first-order valence-corrected chi connectivity index (χ1v) is 8.63. The maximum Gasteiger partial charge on any atom is 0.227 e. The average molecular weight is 361 g/mol. The van der Waals surface area contributed by atoms with Crippen LogP contribution in [0.25, 0.3) is 11.4 Å². The number of hydrogen-bond donors (Lipinski definition) is 1. The molecule has 2 aromatic rings. The quantitative estimate of drug-likeness (QED) is 0.768. The van der Waals surface area contributed by atoms with E-state index < -0.39 is 0 Å². The van der Waals surface area contributed by atoms with Gasteiger partial charge in [0.1, 0.15) is 0 Å². The summed E-state index contributed by atoms with van der Waals surface area (Å²) in [4.78, 5) is 16.3. The number of ether oxygens (including phenoxy) is 3. The number of hydrogen-bond acceptors (Lipinski definition) is 7. The Morgan fingerprint density at radius 2 is 2.15 bits per heavy atom. The Hall–Kier alpha value is -2.61. The molecular weight excluding hydrogens is 338 g/mol. The minimum atomic E-state index is -0.0497. The van der Waals surface area contributed by atoms with Gasteiger partial charge in [-0.05, 0) is 31.0 Å².